The van der Waals surface area contributed by atoms with Crippen LogP contribution in [-0.2, 0) is 11.3 Å². The third-order valence-corrected chi connectivity index (χ3v) is 5.58. The number of fused-ring (bicyclic) bond motifs is 2. The molecular weight excluding hydrogens is 248 g/mol. The second kappa shape index (κ2) is 5.14. The first kappa shape index (κ1) is 12.8. The molecule has 0 unspecified atom stereocenters. The number of likely N-dealkylation sites (tertiary alicyclic amines) is 1. The Bertz CT molecular complexity index is 450. The summed E-state index contributed by atoms with van der Waals surface area (Å²) in [5.74, 6) is 1.67. The summed E-state index contributed by atoms with van der Waals surface area (Å²) >= 11 is 0. The highest BCUT2D eigenvalue weighted by Crippen LogP contribution is 2.43. The molecular formula is C17H24N2O. The van der Waals surface area contributed by atoms with Crippen LogP contribution in [0.4, 0.5) is 0 Å². The lowest BCUT2D eigenvalue weighted by atomic mass is 9.77. The molecule has 4 rings (SSSR count). The number of ether oxygens (including phenoxy) is 1. The molecule has 3 fully saturated rings. The number of nitrogens with one attached hydrogen (secondary N) is 1. The van der Waals surface area contributed by atoms with Crippen LogP contribution in [0.15, 0.2) is 30.3 Å². The molecule has 0 saturated carbocycles. The Morgan fingerprint density at radius 2 is 1.95 bits per heavy atom. The van der Waals surface area contributed by atoms with Crippen LogP contribution < -0.4 is 5.32 Å². The van der Waals surface area contributed by atoms with Gasteiger partial charge in [-0.25, -0.2) is 0 Å². The molecule has 20 heavy (non-hydrogen) atoms. The molecule has 3 heterocycles. The Morgan fingerprint density at radius 1 is 1.15 bits per heavy atom. The van der Waals surface area contributed by atoms with Crippen molar-refractivity contribution in [3.05, 3.63) is 35.9 Å². The molecule has 0 aromatic heterocycles. The van der Waals surface area contributed by atoms with E-state index >= 15 is 0 Å². The van der Waals surface area contributed by atoms with Gasteiger partial charge in [-0.2, -0.15) is 0 Å². The van der Waals surface area contributed by atoms with Crippen molar-refractivity contribution in [3.8, 4) is 0 Å². The topological polar surface area (TPSA) is 24.5 Å². The minimum Gasteiger partial charge on any atom is -0.381 e. The van der Waals surface area contributed by atoms with Crippen LogP contribution in [0, 0.1) is 11.8 Å². The molecule has 2 atom stereocenters. The van der Waals surface area contributed by atoms with Crippen LogP contribution in [-0.4, -0.2) is 43.3 Å². The van der Waals surface area contributed by atoms with Crippen molar-refractivity contribution in [2.24, 2.45) is 11.8 Å². The summed E-state index contributed by atoms with van der Waals surface area (Å²) in [6.45, 7) is 6.71. The maximum Gasteiger partial charge on any atom is 0.0483 e. The predicted molar refractivity (Wildman–Crippen MR) is 79.5 cm³/mol. The van der Waals surface area contributed by atoms with E-state index in [2.05, 4.69) is 40.5 Å². The van der Waals surface area contributed by atoms with Gasteiger partial charge in [0.15, 0.2) is 0 Å². The molecule has 3 nitrogen and oxygen atoms in total. The van der Waals surface area contributed by atoms with Gasteiger partial charge in [0, 0.05) is 44.9 Å². The summed E-state index contributed by atoms with van der Waals surface area (Å²) in [5.41, 5.74) is 1.83. The highest BCUT2D eigenvalue weighted by atomic mass is 16.5. The third-order valence-electron chi connectivity index (χ3n) is 5.58. The molecule has 0 radical (unpaired) electrons. The summed E-state index contributed by atoms with van der Waals surface area (Å²) in [5, 5.41) is 3.85. The first-order chi connectivity index (χ1) is 9.86. The highest BCUT2D eigenvalue weighted by molar-refractivity contribution is 5.16. The summed E-state index contributed by atoms with van der Waals surface area (Å²) in [6.07, 6.45) is 2.40. The second-order valence-corrected chi connectivity index (χ2v) is 6.70. The van der Waals surface area contributed by atoms with E-state index < -0.39 is 0 Å². The smallest absolute Gasteiger partial charge is 0.0483 e. The maximum atomic E-state index is 5.57. The molecule has 3 aliphatic rings. The molecule has 3 saturated heterocycles. The van der Waals surface area contributed by atoms with Crippen molar-refractivity contribution in [2.45, 2.75) is 24.9 Å². The van der Waals surface area contributed by atoms with E-state index in [0.29, 0.717) is 5.54 Å². The number of hydrogen-bond acceptors (Lipinski definition) is 3. The average Bonchev–Trinajstić information content (AvgIpc) is 3.03. The third kappa shape index (κ3) is 2.18. The lowest BCUT2D eigenvalue weighted by molar-refractivity contribution is 0.0258. The van der Waals surface area contributed by atoms with Crippen LogP contribution in [0.1, 0.15) is 18.4 Å². The standard InChI is InChI=1S/C17H24N2O/c1-2-4-14(5-3-1)11-19-12-15-10-18-17(16(15)13-19)6-8-20-9-7-17/h1-5,15-16,18H,6-13H2/t15-,16+/m0/s1. The zero-order chi connectivity index (χ0) is 13.4. The SMILES string of the molecule is c1ccc(CN2C[C@@H]3CNC4(CCOCC4)[C@@H]3C2)cc1. The van der Waals surface area contributed by atoms with E-state index in [0.717, 1.165) is 31.6 Å². The van der Waals surface area contributed by atoms with Crippen LogP contribution >= 0.6 is 0 Å². The monoisotopic (exact) mass is 272 g/mol. The number of hydrogen-bond donors (Lipinski definition) is 1. The van der Waals surface area contributed by atoms with Crippen LogP contribution in [0.25, 0.3) is 0 Å². The van der Waals surface area contributed by atoms with E-state index in [1.54, 1.807) is 0 Å². The normalized spacial score (nSPS) is 32.6. The zero-order valence-electron chi connectivity index (χ0n) is 12.1. The Balaban J connectivity index is 1.45. The van der Waals surface area contributed by atoms with Gasteiger partial charge < -0.3 is 10.1 Å². The molecule has 0 aliphatic carbocycles. The Kier molecular flexibility index (Phi) is 3.29. The van der Waals surface area contributed by atoms with E-state index in [9.17, 15) is 0 Å². The van der Waals surface area contributed by atoms with Crippen molar-refractivity contribution < 1.29 is 4.74 Å². The summed E-state index contributed by atoms with van der Waals surface area (Å²) in [7, 11) is 0. The molecule has 0 amide bonds. The molecule has 3 aliphatic heterocycles. The van der Waals surface area contributed by atoms with Gasteiger partial charge in [0.1, 0.15) is 0 Å². The second-order valence-electron chi connectivity index (χ2n) is 6.70. The van der Waals surface area contributed by atoms with Crippen LogP contribution in [0.2, 0.25) is 0 Å². The quantitative estimate of drug-likeness (QED) is 0.890. The molecule has 108 valence electrons. The van der Waals surface area contributed by atoms with Gasteiger partial charge >= 0.3 is 0 Å². The van der Waals surface area contributed by atoms with Crippen molar-refractivity contribution in [1.29, 1.82) is 0 Å². The van der Waals surface area contributed by atoms with Gasteiger partial charge in [0.05, 0.1) is 0 Å². The fraction of sp³-hybridized carbons (Fsp3) is 0.647. The molecule has 1 N–H and O–H groups in total. The summed E-state index contributed by atoms with van der Waals surface area (Å²) in [6, 6.07) is 10.9. The minimum absolute atomic E-state index is 0.383. The summed E-state index contributed by atoms with van der Waals surface area (Å²) in [4.78, 5) is 2.66. The van der Waals surface area contributed by atoms with Crippen molar-refractivity contribution in [3.63, 3.8) is 0 Å². The van der Waals surface area contributed by atoms with E-state index in [4.69, 9.17) is 4.74 Å². The predicted octanol–water partition coefficient (Wildman–Crippen LogP) is 1.89. The molecule has 1 aromatic carbocycles. The van der Waals surface area contributed by atoms with Gasteiger partial charge in [0.25, 0.3) is 0 Å². The van der Waals surface area contributed by atoms with E-state index in [-0.39, 0.29) is 0 Å². The number of benzene rings is 1. The highest BCUT2D eigenvalue weighted by Gasteiger charge is 2.52. The molecule has 0 bridgehead atoms. The molecule has 1 aromatic rings. The van der Waals surface area contributed by atoms with Gasteiger partial charge in [-0.1, -0.05) is 30.3 Å². The van der Waals surface area contributed by atoms with E-state index in [1.165, 1.54) is 38.0 Å². The van der Waals surface area contributed by atoms with Gasteiger partial charge in [-0.15, -0.1) is 0 Å². The Labute approximate surface area is 121 Å². The van der Waals surface area contributed by atoms with Crippen molar-refractivity contribution >= 4 is 0 Å². The molecule has 1 spiro atoms. The first-order valence-corrected chi connectivity index (χ1v) is 7.95. The Hall–Kier alpha value is -0.900. The van der Waals surface area contributed by atoms with Crippen LogP contribution in [0.3, 0.4) is 0 Å². The van der Waals surface area contributed by atoms with Gasteiger partial charge in [-0.05, 0) is 30.2 Å². The summed E-state index contributed by atoms with van der Waals surface area (Å²) < 4.78 is 5.57. The molecule has 3 heteroatoms. The average molecular weight is 272 g/mol. The zero-order valence-corrected chi connectivity index (χ0v) is 12.1. The number of nitrogens with zero attached hydrogens (tertiary/aromatic N) is 1. The van der Waals surface area contributed by atoms with Crippen LogP contribution in [0.5, 0.6) is 0 Å². The largest absolute Gasteiger partial charge is 0.381 e. The fourth-order valence-corrected chi connectivity index (χ4v) is 4.51. The lowest BCUT2D eigenvalue weighted by Gasteiger charge is -2.39. The van der Waals surface area contributed by atoms with Gasteiger partial charge in [0.2, 0.25) is 0 Å². The fourth-order valence-electron chi connectivity index (χ4n) is 4.51. The minimum atomic E-state index is 0.383. The maximum absolute atomic E-state index is 5.57. The first-order valence-electron chi connectivity index (χ1n) is 7.95. The lowest BCUT2D eigenvalue weighted by Crippen LogP contribution is -2.50. The van der Waals surface area contributed by atoms with Crippen molar-refractivity contribution in [1.82, 2.24) is 10.2 Å². The Morgan fingerprint density at radius 3 is 2.75 bits per heavy atom. The van der Waals surface area contributed by atoms with Gasteiger partial charge in [-0.3, -0.25) is 4.90 Å². The van der Waals surface area contributed by atoms with E-state index in [1.807, 2.05) is 0 Å². The number of rotatable bonds is 2. The van der Waals surface area contributed by atoms with Crippen molar-refractivity contribution in [2.75, 3.05) is 32.8 Å².